The fourth-order valence-corrected chi connectivity index (χ4v) is 7.43. The summed E-state index contributed by atoms with van der Waals surface area (Å²) in [6.45, 7) is 5.84. The van der Waals surface area contributed by atoms with E-state index in [1.165, 1.54) is 35.2 Å². The Hall–Kier alpha value is -5.48. The monoisotopic (exact) mass is 746 g/mol. The number of aryl methyl sites for hydroxylation is 1. The maximum absolute atomic E-state index is 5.64. The maximum Gasteiger partial charge on any atom is 0.203 e. The lowest BCUT2D eigenvalue weighted by molar-refractivity contribution is 0.201. The molecule has 1 fully saturated rings. The molecule has 0 atom stereocenters. The minimum atomic E-state index is 0.378. The number of aromatic nitrogens is 2. The Bertz CT molecular complexity index is 1960. The number of piperidine rings is 1. The molecule has 1 aliphatic rings. The first-order valence-corrected chi connectivity index (χ1v) is 19.0. The molecule has 0 aliphatic carbocycles. The largest absolute Gasteiger partial charge is 0.493 e. The van der Waals surface area contributed by atoms with Crippen LogP contribution in [-0.4, -0.2) is 76.7 Å². The standard InChI is InChI=1S/C45H54N4O6/c1-8-9-10-31-11-13-36(14-12-31)49(30-33-16-20-47-39(24-33)35-27-42(52-4)45(55-7)43(28-35)53-5)37-17-21-48(22-18-37)29-32-15-19-46-38(23-32)34-25-40(50-2)44(54-6)41(26-34)51-3/h11-16,19-20,23-28,37H,8-10,17-18,21-22,29-30H2,1-7H3. The number of hydrogen-bond donors (Lipinski definition) is 0. The van der Waals surface area contributed by atoms with Gasteiger partial charge in [0.25, 0.3) is 0 Å². The maximum atomic E-state index is 5.64. The summed E-state index contributed by atoms with van der Waals surface area (Å²) in [6.07, 6.45) is 9.36. The molecule has 55 heavy (non-hydrogen) atoms. The molecule has 10 nitrogen and oxygen atoms in total. The second-order valence-corrected chi connectivity index (χ2v) is 13.8. The third-order valence-corrected chi connectivity index (χ3v) is 10.4. The van der Waals surface area contributed by atoms with Gasteiger partial charge < -0.3 is 33.3 Å². The number of methoxy groups -OCH3 is 6. The summed E-state index contributed by atoms with van der Waals surface area (Å²) in [5.74, 6) is 3.55. The van der Waals surface area contributed by atoms with Crippen LogP contribution in [0.25, 0.3) is 22.5 Å². The van der Waals surface area contributed by atoms with Gasteiger partial charge in [-0.2, -0.15) is 0 Å². The second-order valence-electron chi connectivity index (χ2n) is 13.8. The summed E-state index contributed by atoms with van der Waals surface area (Å²) in [7, 11) is 9.75. The van der Waals surface area contributed by atoms with Gasteiger partial charge in [-0.05, 0) is 103 Å². The number of hydrogen-bond acceptors (Lipinski definition) is 10. The zero-order valence-electron chi connectivity index (χ0n) is 33.3. The molecule has 3 heterocycles. The Morgan fingerprint density at radius 2 is 1.09 bits per heavy atom. The fraction of sp³-hybridized carbons (Fsp3) is 0.378. The Morgan fingerprint density at radius 3 is 1.56 bits per heavy atom. The lowest BCUT2D eigenvalue weighted by Gasteiger charge is -2.40. The highest BCUT2D eigenvalue weighted by molar-refractivity contribution is 5.70. The second kappa shape index (κ2) is 18.7. The zero-order valence-corrected chi connectivity index (χ0v) is 33.3. The average molecular weight is 747 g/mol. The van der Waals surface area contributed by atoms with Crippen LogP contribution in [0.1, 0.15) is 49.3 Å². The van der Waals surface area contributed by atoms with Gasteiger partial charge in [0.15, 0.2) is 23.0 Å². The highest BCUT2D eigenvalue weighted by atomic mass is 16.5. The lowest BCUT2D eigenvalue weighted by Crippen LogP contribution is -2.44. The quantitative estimate of drug-likeness (QED) is 0.0920. The van der Waals surface area contributed by atoms with Gasteiger partial charge in [-0.15, -0.1) is 0 Å². The van der Waals surface area contributed by atoms with Crippen molar-refractivity contribution in [2.45, 2.75) is 58.2 Å². The van der Waals surface area contributed by atoms with Gasteiger partial charge >= 0.3 is 0 Å². The van der Waals surface area contributed by atoms with E-state index in [1.807, 2.05) is 36.7 Å². The summed E-state index contributed by atoms with van der Waals surface area (Å²) >= 11 is 0. The molecule has 0 radical (unpaired) electrons. The van der Waals surface area contributed by atoms with E-state index in [1.54, 1.807) is 42.7 Å². The molecule has 0 bridgehead atoms. The molecule has 0 spiro atoms. The molecule has 6 rings (SSSR count). The normalized spacial score (nSPS) is 13.3. The van der Waals surface area contributed by atoms with E-state index in [9.17, 15) is 0 Å². The first-order valence-electron chi connectivity index (χ1n) is 19.0. The first-order chi connectivity index (χ1) is 26.9. The van der Waals surface area contributed by atoms with Crippen LogP contribution >= 0.6 is 0 Å². The van der Waals surface area contributed by atoms with E-state index in [0.717, 1.165) is 68.0 Å². The van der Waals surface area contributed by atoms with Gasteiger partial charge in [-0.3, -0.25) is 14.9 Å². The van der Waals surface area contributed by atoms with Gasteiger partial charge in [0.2, 0.25) is 11.5 Å². The molecule has 3 aromatic carbocycles. The average Bonchev–Trinajstić information content (AvgIpc) is 3.24. The van der Waals surface area contributed by atoms with E-state index in [4.69, 9.17) is 38.4 Å². The van der Waals surface area contributed by atoms with Crippen LogP contribution in [0.5, 0.6) is 34.5 Å². The Morgan fingerprint density at radius 1 is 0.600 bits per heavy atom. The summed E-state index contributed by atoms with van der Waals surface area (Å²) in [4.78, 5) is 14.6. The van der Waals surface area contributed by atoms with Crippen LogP contribution in [0.15, 0.2) is 85.2 Å². The van der Waals surface area contributed by atoms with Crippen molar-refractivity contribution in [3.8, 4) is 57.0 Å². The van der Waals surface area contributed by atoms with E-state index in [2.05, 4.69) is 65.3 Å². The number of pyridine rings is 2. The highest BCUT2D eigenvalue weighted by Gasteiger charge is 2.26. The zero-order chi connectivity index (χ0) is 38.7. The van der Waals surface area contributed by atoms with Gasteiger partial charge in [0, 0.05) is 61.4 Å². The molecule has 0 unspecified atom stereocenters. The minimum Gasteiger partial charge on any atom is -0.493 e. The molecule has 1 aliphatic heterocycles. The Balaban J connectivity index is 1.20. The molecule has 0 saturated carbocycles. The van der Waals surface area contributed by atoms with Gasteiger partial charge in [0.1, 0.15) is 0 Å². The van der Waals surface area contributed by atoms with Crippen LogP contribution in [0.3, 0.4) is 0 Å². The molecule has 0 N–H and O–H groups in total. The third-order valence-electron chi connectivity index (χ3n) is 10.4. The third kappa shape index (κ3) is 9.25. The van der Waals surface area contributed by atoms with Crippen molar-refractivity contribution in [3.63, 3.8) is 0 Å². The van der Waals surface area contributed by atoms with Crippen LogP contribution in [-0.2, 0) is 19.5 Å². The summed E-state index contributed by atoms with van der Waals surface area (Å²) < 4.78 is 33.6. The van der Waals surface area contributed by atoms with Crippen molar-refractivity contribution < 1.29 is 28.4 Å². The first kappa shape index (κ1) is 39.2. The Kier molecular flexibility index (Phi) is 13.3. The number of likely N-dealkylation sites (tertiary alicyclic amines) is 1. The molecular formula is C45H54N4O6. The van der Waals surface area contributed by atoms with Crippen molar-refractivity contribution >= 4 is 5.69 Å². The van der Waals surface area contributed by atoms with Crippen molar-refractivity contribution in [1.29, 1.82) is 0 Å². The molecular weight excluding hydrogens is 693 g/mol. The van der Waals surface area contributed by atoms with Crippen LogP contribution in [0.4, 0.5) is 5.69 Å². The Labute approximate surface area is 325 Å². The molecule has 290 valence electrons. The molecule has 1 saturated heterocycles. The summed E-state index contributed by atoms with van der Waals surface area (Å²) in [6, 6.07) is 25.9. The molecule has 2 aromatic heterocycles. The van der Waals surface area contributed by atoms with Gasteiger partial charge in [-0.1, -0.05) is 25.5 Å². The van der Waals surface area contributed by atoms with Crippen molar-refractivity contribution in [2.75, 3.05) is 60.6 Å². The predicted octanol–water partition coefficient (Wildman–Crippen LogP) is 8.88. The van der Waals surface area contributed by atoms with E-state index in [0.29, 0.717) is 40.5 Å². The van der Waals surface area contributed by atoms with Crippen LogP contribution in [0.2, 0.25) is 0 Å². The highest BCUT2D eigenvalue weighted by Crippen LogP contribution is 2.42. The minimum absolute atomic E-state index is 0.378. The lowest BCUT2D eigenvalue weighted by atomic mass is 9.99. The van der Waals surface area contributed by atoms with Crippen molar-refractivity contribution in [3.05, 3.63) is 102 Å². The summed E-state index contributed by atoms with van der Waals surface area (Å²) in [5.41, 5.74) is 8.57. The van der Waals surface area contributed by atoms with Crippen molar-refractivity contribution in [2.24, 2.45) is 0 Å². The smallest absolute Gasteiger partial charge is 0.203 e. The van der Waals surface area contributed by atoms with Gasteiger partial charge in [0.05, 0.1) is 54.0 Å². The number of unbranched alkanes of at least 4 members (excludes halogenated alkanes) is 1. The van der Waals surface area contributed by atoms with Crippen molar-refractivity contribution in [1.82, 2.24) is 14.9 Å². The van der Waals surface area contributed by atoms with E-state index < -0.39 is 0 Å². The number of rotatable bonds is 17. The van der Waals surface area contributed by atoms with Crippen LogP contribution < -0.4 is 33.3 Å². The summed E-state index contributed by atoms with van der Waals surface area (Å²) in [5, 5.41) is 0. The number of ether oxygens (including phenoxy) is 6. The number of benzene rings is 3. The SMILES string of the molecule is CCCCc1ccc(N(Cc2ccnc(-c3cc(OC)c(OC)c(OC)c3)c2)C2CCN(Cc3ccnc(-c4cc(OC)c(OC)c(OC)c4)c3)CC2)cc1. The predicted molar refractivity (Wildman–Crippen MR) is 218 cm³/mol. The molecule has 10 heteroatoms. The number of anilines is 1. The fourth-order valence-electron chi connectivity index (χ4n) is 7.43. The topological polar surface area (TPSA) is 87.6 Å². The number of nitrogens with zero attached hydrogens (tertiary/aromatic N) is 4. The van der Waals surface area contributed by atoms with E-state index in [-0.39, 0.29) is 0 Å². The van der Waals surface area contributed by atoms with E-state index >= 15 is 0 Å². The van der Waals surface area contributed by atoms with Gasteiger partial charge in [-0.25, -0.2) is 0 Å². The van der Waals surface area contributed by atoms with Crippen LogP contribution in [0, 0.1) is 0 Å². The molecule has 5 aromatic rings. The molecule has 0 amide bonds.